The van der Waals surface area contributed by atoms with Crippen LogP contribution in [0.15, 0.2) is 61.2 Å². The van der Waals surface area contributed by atoms with Crippen molar-refractivity contribution in [1.82, 2.24) is 19.6 Å². The summed E-state index contributed by atoms with van der Waals surface area (Å²) < 4.78 is 7.48. The second-order valence-electron chi connectivity index (χ2n) is 10.6. The highest BCUT2D eigenvalue weighted by atomic mass is 16.5. The van der Waals surface area contributed by atoms with E-state index in [2.05, 4.69) is 33.3 Å². The second-order valence-corrected chi connectivity index (χ2v) is 10.6. The van der Waals surface area contributed by atoms with Crippen LogP contribution in [0.2, 0.25) is 0 Å². The Kier molecular flexibility index (Phi) is 5.50. The van der Waals surface area contributed by atoms with Crippen LogP contribution < -0.4 is 15.0 Å². The average Bonchev–Trinajstić information content (AvgIpc) is 3.30. The second kappa shape index (κ2) is 8.75. The van der Waals surface area contributed by atoms with E-state index in [1.165, 1.54) is 0 Å². The molecule has 0 spiro atoms. The Morgan fingerprint density at radius 2 is 2.08 bits per heavy atom. The highest BCUT2D eigenvalue weighted by Crippen LogP contribution is 2.49. The lowest BCUT2D eigenvalue weighted by atomic mass is 9.59. The molecule has 37 heavy (non-hydrogen) atoms. The van der Waals surface area contributed by atoms with Crippen molar-refractivity contribution in [3.05, 3.63) is 66.7 Å². The maximum atomic E-state index is 10.1. The van der Waals surface area contributed by atoms with Crippen LogP contribution in [0.4, 0.5) is 11.6 Å². The fourth-order valence-corrected chi connectivity index (χ4v) is 5.56. The zero-order valence-corrected chi connectivity index (χ0v) is 21.0. The number of pyridine rings is 3. The van der Waals surface area contributed by atoms with E-state index in [-0.39, 0.29) is 6.61 Å². The molecule has 4 atom stereocenters. The SMILES string of the molecule is C[C@@H]1C2[C@@H](CN2c2ccc(-c3cc(OCC(C)(C)O)cn4ncc(C#N)c34)cn2)[C@H]1Nc1ccccn1. The van der Waals surface area contributed by atoms with Gasteiger partial charge >= 0.3 is 0 Å². The number of piperidine rings is 1. The molecule has 2 N–H and O–H groups in total. The minimum atomic E-state index is -0.972. The van der Waals surface area contributed by atoms with E-state index in [0.29, 0.717) is 40.7 Å². The van der Waals surface area contributed by atoms with Gasteiger partial charge in [-0.25, -0.2) is 14.5 Å². The molecule has 0 amide bonds. The fourth-order valence-electron chi connectivity index (χ4n) is 5.56. The number of fused-ring (bicyclic) bond motifs is 2. The number of nitrogens with zero attached hydrogens (tertiary/aromatic N) is 6. The number of nitrogens with one attached hydrogen (secondary N) is 1. The first kappa shape index (κ1) is 23.3. The molecule has 6 rings (SSSR count). The molecule has 9 nitrogen and oxygen atoms in total. The molecule has 1 saturated heterocycles. The third-order valence-corrected chi connectivity index (χ3v) is 7.40. The number of hydrogen-bond acceptors (Lipinski definition) is 8. The number of nitriles is 1. The Morgan fingerprint density at radius 3 is 2.76 bits per heavy atom. The summed E-state index contributed by atoms with van der Waals surface area (Å²) in [5, 5.41) is 27.6. The maximum absolute atomic E-state index is 10.1. The van der Waals surface area contributed by atoms with E-state index in [0.717, 1.165) is 29.3 Å². The first-order valence-corrected chi connectivity index (χ1v) is 12.5. The molecule has 188 valence electrons. The number of ether oxygens (including phenoxy) is 1. The molecule has 2 fully saturated rings. The molecule has 9 heteroatoms. The van der Waals surface area contributed by atoms with E-state index < -0.39 is 5.60 Å². The monoisotopic (exact) mass is 495 g/mol. The topological polar surface area (TPSA) is 112 Å². The average molecular weight is 496 g/mol. The molecular weight excluding hydrogens is 466 g/mol. The van der Waals surface area contributed by atoms with Gasteiger partial charge in [-0.2, -0.15) is 10.4 Å². The van der Waals surface area contributed by atoms with Crippen molar-refractivity contribution >= 4 is 17.2 Å². The molecule has 5 heterocycles. The third-order valence-electron chi connectivity index (χ3n) is 7.40. The predicted molar refractivity (Wildman–Crippen MR) is 140 cm³/mol. The van der Waals surface area contributed by atoms with E-state index in [1.54, 1.807) is 30.8 Å². The lowest BCUT2D eigenvalue weighted by molar-refractivity contribution is 0.0283. The minimum Gasteiger partial charge on any atom is -0.489 e. The van der Waals surface area contributed by atoms with Crippen molar-refractivity contribution < 1.29 is 9.84 Å². The van der Waals surface area contributed by atoms with Crippen molar-refractivity contribution in [1.29, 1.82) is 5.26 Å². The zero-order chi connectivity index (χ0) is 25.7. The summed E-state index contributed by atoms with van der Waals surface area (Å²) >= 11 is 0. The standard InChI is InChI=1S/C28H29N7O2/c1-17-25(33-23-6-4-5-9-30-23)22-15-34(26(17)22)24-8-7-18(12-31-24)21-10-20(37-16-28(2,3)36)14-35-27(21)19(11-29)13-32-35/h4-10,12-14,17,22,25-26,36H,15-16H2,1-3H3,(H,30,33)/t17-,22-,25-,26?/m0/s1. The van der Waals surface area contributed by atoms with Crippen LogP contribution in [0.1, 0.15) is 26.3 Å². The van der Waals surface area contributed by atoms with Crippen LogP contribution in [0.25, 0.3) is 16.6 Å². The van der Waals surface area contributed by atoms with Crippen molar-refractivity contribution in [2.24, 2.45) is 11.8 Å². The van der Waals surface area contributed by atoms with E-state index >= 15 is 0 Å². The molecule has 4 aromatic heterocycles. The third kappa shape index (κ3) is 4.13. The predicted octanol–water partition coefficient (Wildman–Crippen LogP) is 3.75. The minimum absolute atomic E-state index is 0.132. The van der Waals surface area contributed by atoms with Crippen molar-refractivity contribution in [2.75, 3.05) is 23.4 Å². The van der Waals surface area contributed by atoms with Crippen molar-refractivity contribution in [2.45, 2.75) is 38.5 Å². The van der Waals surface area contributed by atoms with Crippen LogP contribution >= 0.6 is 0 Å². The van der Waals surface area contributed by atoms with Crippen LogP contribution in [0.3, 0.4) is 0 Å². The van der Waals surface area contributed by atoms with Crippen molar-refractivity contribution in [3.8, 4) is 22.9 Å². The van der Waals surface area contributed by atoms with Crippen LogP contribution in [0.5, 0.6) is 5.75 Å². The van der Waals surface area contributed by atoms with Gasteiger partial charge in [-0.3, -0.25) is 0 Å². The lowest BCUT2D eigenvalue weighted by Gasteiger charge is -2.64. The molecule has 1 aliphatic carbocycles. The van der Waals surface area contributed by atoms with Crippen LogP contribution in [0, 0.1) is 23.2 Å². The summed E-state index contributed by atoms with van der Waals surface area (Å²) in [6.45, 7) is 6.75. The van der Waals surface area contributed by atoms with Gasteiger partial charge in [0.05, 0.1) is 29.1 Å². The van der Waals surface area contributed by atoms with Gasteiger partial charge in [0, 0.05) is 48.1 Å². The Labute approximate surface area is 215 Å². The van der Waals surface area contributed by atoms with Gasteiger partial charge in [-0.05, 0) is 50.1 Å². The van der Waals surface area contributed by atoms with Crippen LogP contribution in [-0.2, 0) is 0 Å². The summed E-state index contributed by atoms with van der Waals surface area (Å²) in [5.41, 5.74) is 1.88. The maximum Gasteiger partial charge on any atom is 0.138 e. The number of rotatable bonds is 7. The zero-order valence-electron chi connectivity index (χ0n) is 21.0. The number of aliphatic hydroxyl groups is 1. The number of anilines is 2. The van der Waals surface area contributed by atoms with Gasteiger partial charge in [-0.1, -0.05) is 13.0 Å². The molecule has 0 radical (unpaired) electrons. The van der Waals surface area contributed by atoms with Gasteiger partial charge in [0.1, 0.15) is 30.1 Å². The van der Waals surface area contributed by atoms with E-state index in [4.69, 9.17) is 9.72 Å². The molecule has 2 aliphatic rings. The van der Waals surface area contributed by atoms with Gasteiger partial charge in [0.2, 0.25) is 0 Å². The fraction of sp³-hybridized carbons (Fsp3) is 0.357. The molecule has 0 bridgehead atoms. The van der Waals surface area contributed by atoms with E-state index in [1.807, 2.05) is 48.8 Å². The Balaban J connectivity index is 1.22. The number of aromatic nitrogens is 4. The summed E-state index contributed by atoms with van der Waals surface area (Å²) in [6, 6.07) is 15.0. The Hall–Kier alpha value is -4.16. The van der Waals surface area contributed by atoms with Gasteiger partial charge in [-0.15, -0.1) is 0 Å². The molecule has 1 aliphatic heterocycles. The highest BCUT2D eigenvalue weighted by molar-refractivity contribution is 5.85. The molecule has 0 aromatic carbocycles. The molecular formula is C28H29N7O2. The summed E-state index contributed by atoms with van der Waals surface area (Å²) in [5.74, 6) is 3.49. The smallest absolute Gasteiger partial charge is 0.138 e. The van der Waals surface area contributed by atoms with E-state index in [9.17, 15) is 10.4 Å². The van der Waals surface area contributed by atoms with Crippen molar-refractivity contribution in [3.63, 3.8) is 0 Å². The van der Waals surface area contributed by atoms with Gasteiger partial charge < -0.3 is 20.1 Å². The molecule has 1 saturated carbocycles. The summed E-state index contributed by atoms with van der Waals surface area (Å²) in [7, 11) is 0. The molecule has 1 unspecified atom stereocenters. The first-order valence-electron chi connectivity index (χ1n) is 12.5. The number of hydrogen-bond donors (Lipinski definition) is 2. The van der Waals surface area contributed by atoms with Gasteiger partial charge in [0.25, 0.3) is 0 Å². The molecule has 4 aromatic rings. The van der Waals surface area contributed by atoms with Gasteiger partial charge in [0.15, 0.2) is 0 Å². The normalized spacial score (nSPS) is 22.5. The lowest BCUT2D eigenvalue weighted by Crippen LogP contribution is -2.76. The van der Waals surface area contributed by atoms with Crippen LogP contribution in [-0.4, -0.2) is 55.5 Å². The quantitative estimate of drug-likeness (QED) is 0.399. The summed E-state index contributed by atoms with van der Waals surface area (Å²) in [6.07, 6.45) is 6.93. The first-order chi connectivity index (χ1) is 17.8. The highest BCUT2D eigenvalue weighted by Gasteiger charge is 2.58. The summed E-state index contributed by atoms with van der Waals surface area (Å²) in [4.78, 5) is 11.6. The largest absolute Gasteiger partial charge is 0.489 e. The Bertz CT molecular complexity index is 1460. The Morgan fingerprint density at radius 1 is 1.22 bits per heavy atom.